The largest absolute Gasteiger partial charge is 0.457 e. The number of carbonyl (C=O) groups is 6. The normalized spacial score (nSPS) is 19.2. The fraction of sp³-hybridized carbons (Fsp3) is 0.419. The van der Waals surface area contributed by atoms with Gasteiger partial charge in [0.2, 0.25) is 11.8 Å². The molecule has 6 heterocycles. The maximum Gasteiger partial charge on any atom is 0.262 e. The second kappa shape index (κ2) is 25.7. The van der Waals surface area contributed by atoms with Gasteiger partial charge in [0, 0.05) is 69.3 Å². The molecule has 0 saturated carbocycles. The van der Waals surface area contributed by atoms with Gasteiger partial charge in [-0.2, -0.15) is 0 Å². The summed E-state index contributed by atoms with van der Waals surface area (Å²) in [5.74, 6) is -2.94. The van der Waals surface area contributed by atoms with Gasteiger partial charge in [0.15, 0.2) is 0 Å². The van der Waals surface area contributed by atoms with Gasteiger partial charge in [0.1, 0.15) is 58.1 Å². The van der Waals surface area contributed by atoms with Crippen LogP contribution in [0.2, 0.25) is 0 Å². The summed E-state index contributed by atoms with van der Waals surface area (Å²) in [6.45, 7) is 35.6. The monoisotopic (exact) mass is 1400 g/mol. The summed E-state index contributed by atoms with van der Waals surface area (Å²) in [6, 6.07) is 34.9. The van der Waals surface area contributed by atoms with E-state index in [0.717, 1.165) is 32.1 Å². The summed E-state index contributed by atoms with van der Waals surface area (Å²) in [6.07, 6.45) is -0.838. The van der Waals surface area contributed by atoms with Crippen LogP contribution in [0.15, 0.2) is 121 Å². The molecule has 9 aromatic rings. The molecule has 0 spiro atoms. The van der Waals surface area contributed by atoms with Crippen LogP contribution in [0.5, 0.6) is 46.0 Å². The average Bonchev–Trinajstić information content (AvgIpc) is 1.24. The van der Waals surface area contributed by atoms with Crippen LogP contribution in [0, 0.1) is 11.8 Å². The van der Waals surface area contributed by atoms with Crippen molar-refractivity contribution in [2.45, 2.75) is 169 Å². The predicted molar refractivity (Wildman–Crippen MR) is 399 cm³/mol. The Morgan fingerprint density at radius 1 is 0.356 bits per heavy atom. The second-order valence-electron chi connectivity index (χ2n) is 33.8. The van der Waals surface area contributed by atoms with E-state index in [1.54, 1.807) is 34.1 Å². The third-order valence-corrected chi connectivity index (χ3v) is 21.0. The van der Waals surface area contributed by atoms with Crippen molar-refractivity contribution < 1.29 is 66.7 Å². The van der Waals surface area contributed by atoms with E-state index in [-0.39, 0.29) is 128 Å². The van der Waals surface area contributed by atoms with E-state index in [4.69, 9.17) is 37.9 Å². The molecule has 4 saturated heterocycles. The van der Waals surface area contributed by atoms with Crippen LogP contribution in [-0.4, -0.2) is 144 Å². The molecule has 15 rings (SSSR count). The number of amides is 6. The molecule has 4 fully saturated rings. The number of fused-ring (bicyclic) bond motifs is 2. The SMILES string of the molecule is CC(C)C(C(=O)N(CC1CO1)CC1CO1)N1C(=O)c2cc(Oc3ccc(C(C)(C)C)cc3)c3c4c(Oc5ccc(C(C)(C)C)cc5)cc5c6c(cc(Oc7ccc(C(C)(C)C)cc7)c(c7c(Oc8ccc(C(C)(C)C)cc8)cc(c2c37)C1=O)c64)C(=O)N(C(C(=O)N(CC1CO1)CC1CO1)C(C)C)C5=O. The molecule has 18 heteroatoms. The minimum Gasteiger partial charge on any atom is -0.457 e. The van der Waals surface area contributed by atoms with Crippen LogP contribution in [0.1, 0.15) is 174 Å². The lowest BCUT2D eigenvalue weighted by molar-refractivity contribution is -0.138. The molecular weight excluding hydrogens is 1310 g/mol. The molecule has 6 amide bonds. The molecule has 6 atom stereocenters. The maximum absolute atomic E-state index is 16.6. The van der Waals surface area contributed by atoms with Crippen molar-refractivity contribution in [1.29, 1.82) is 0 Å². The van der Waals surface area contributed by atoms with Crippen molar-refractivity contribution in [1.82, 2.24) is 19.6 Å². The van der Waals surface area contributed by atoms with Crippen LogP contribution < -0.4 is 18.9 Å². The Kier molecular flexibility index (Phi) is 17.4. The van der Waals surface area contributed by atoms with Crippen molar-refractivity contribution in [2.75, 3.05) is 52.6 Å². The van der Waals surface area contributed by atoms with Gasteiger partial charge in [0.05, 0.1) is 73.1 Å². The summed E-state index contributed by atoms with van der Waals surface area (Å²) < 4.78 is 52.3. The Labute approximate surface area is 607 Å². The van der Waals surface area contributed by atoms with Crippen LogP contribution in [-0.2, 0) is 50.2 Å². The smallest absolute Gasteiger partial charge is 0.262 e. The van der Waals surface area contributed by atoms with Crippen molar-refractivity contribution in [3.05, 3.63) is 166 Å². The summed E-state index contributed by atoms with van der Waals surface area (Å²) >= 11 is 0. The van der Waals surface area contributed by atoms with E-state index in [9.17, 15) is 0 Å². The molecular formula is C86H92N4O14. The van der Waals surface area contributed by atoms with Crippen LogP contribution in [0.25, 0.3) is 43.1 Å². The Hall–Kier alpha value is -9.46. The van der Waals surface area contributed by atoms with E-state index in [1.807, 2.05) is 125 Å². The van der Waals surface area contributed by atoms with Crippen molar-refractivity contribution in [2.24, 2.45) is 11.8 Å². The second-order valence-corrected chi connectivity index (χ2v) is 33.8. The number of nitrogens with zero attached hydrogens (tertiary/aromatic N) is 4. The number of hydrogen-bond acceptors (Lipinski definition) is 14. The van der Waals surface area contributed by atoms with Gasteiger partial charge < -0.3 is 47.7 Å². The molecule has 0 radical (unpaired) electrons. The van der Waals surface area contributed by atoms with E-state index in [2.05, 4.69) is 83.1 Å². The van der Waals surface area contributed by atoms with Crippen molar-refractivity contribution >= 4 is 78.5 Å². The minimum absolute atomic E-state index is 0.0542. The molecule has 0 aliphatic carbocycles. The third-order valence-electron chi connectivity index (χ3n) is 21.0. The first-order chi connectivity index (χ1) is 49.2. The predicted octanol–water partition coefficient (Wildman–Crippen LogP) is 16.6. The molecule has 540 valence electrons. The number of imide groups is 2. The van der Waals surface area contributed by atoms with Gasteiger partial charge in [-0.1, -0.05) is 159 Å². The van der Waals surface area contributed by atoms with Crippen molar-refractivity contribution in [3.63, 3.8) is 0 Å². The number of benzene rings is 9. The molecule has 104 heavy (non-hydrogen) atoms. The summed E-state index contributed by atoms with van der Waals surface area (Å²) in [4.78, 5) is 103. The van der Waals surface area contributed by atoms with Gasteiger partial charge in [-0.25, -0.2) is 0 Å². The quantitative estimate of drug-likeness (QED) is 0.0268. The van der Waals surface area contributed by atoms with Crippen LogP contribution in [0.4, 0.5) is 0 Å². The number of carbonyl (C=O) groups excluding carboxylic acids is 6. The molecule has 9 aromatic carbocycles. The Balaban J connectivity index is 1.08. The number of rotatable bonds is 22. The topological polar surface area (TPSA) is 202 Å². The fourth-order valence-electron chi connectivity index (χ4n) is 14.9. The highest BCUT2D eigenvalue weighted by Crippen LogP contribution is 2.59. The lowest BCUT2D eigenvalue weighted by Gasteiger charge is -2.39. The molecule has 18 nitrogen and oxygen atoms in total. The molecule has 0 bridgehead atoms. The molecule has 6 unspecified atom stereocenters. The summed E-state index contributed by atoms with van der Waals surface area (Å²) in [5, 5.41) is 2.42. The average molecular weight is 1410 g/mol. The zero-order valence-electron chi connectivity index (χ0n) is 62.3. The van der Waals surface area contributed by atoms with E-state index in [0.29, 0.717) is 81.7 Å². The Morgan fingerprint density at radius 2 is 0.558 bits per heavy atom. The Bertz CT molecular complexity index is 4370. The lowest BCUT2D eigenvalue weighted by atomic mass is 9.80. The standard InChI is InChI=1S/C86H92N4O14/c1-45(2)75(81(95)87(37-55-41-97-55)38-56-42-98-56)89-77(91)59-33-63(101-51-25-17-47(18-26-51)83(5,6)7)69-71-65(103-53-29-21-49(22-30-53)85(11,12)13)35-61-68-62(80(94)90(79(61)93)76(46(3)4)82(96)88(39-57-43-99-57)40-58-44-100-58)36-66(104-54-31-23-50(24-32-54)86(14,15)16)72(74(68)71)70-64(34-60(78(89)92)67(59)73(69)70)102-52-27-19-48(20-28-52)84(8,9)10/h17-36,45-46,55-58,75-76H,37-44H2,1-16H3. The first-order valence-electron chi connectivity index (χ1n) is 36.5. The fourth-order valence-corrected chi connectivity index (χ4v) is 14.9. The maximum atomic E-state index is 16.6. The molecule has 6 aliphatic rings. The lowest BCUT2D eigenvalue weighted by Crippen LogP contribution is -2.57. The highest BCUT2D eigenvalue weighted by Gasteiger charge is 2.50. The zero-order chi connectivity index (χ0) is 73.7. The first kappa shape index (κ1) is 70.2. The highest BCUT2D eigenvalue weighted by atomic mass is 16.6. The van der Waals surface area contributed by atoms with Gasteiger partial charge in [-0.05, 0) is 129 Å². The van der Waals surface area contributed by atoms with Crippen LogP contribution in [0.3, 0.4) is 0 Å². The summed E-state index contributed by atoms with van der Waals surface area (Å²) in [5.41, 5.74) is 3.34. The first-order valence-corrected chi connectivity index (χ1v) is 36.5. The highest BCUT2D eigenvalue weighted by molar-refractivity contribution is 6.45. The van der Waals surface area contributed by atoms with Gasteiger partial charge in [0.25, 0.3) is 23.6 Å². The molecule has 0 aromatic heterocycles. The van der Waals surface area contributed by atoms with E-state index < -0.39 is 59.4 Å². The zero-order valence-corrected chi connectivity index (χ0v) is 62.3. The van der Waals surface area contributed by atoms with Gasteiger partial charge >= 0.3 is 0 Å². The number of ether oxygens (including phenoxy) is 8. The Morgan fingerprint density at radius 3 is 0.731 bits per heavy atom. The summed E-state index contributed by atoms with van der Waals surface area (Å²) in [7, 11) is 0. The third kappa shape index (κ3) is 13.2. The minimum atomic E-state index is -1.31. The van der Waals surface area contributed by atoms with Gasteiger partial charge in [-0.3, -0.25) is 38.6 Å². The van der Waals surface area contributed by atoms with Crippen molar-refractivity contribution in [3.8, 4) is 46.0 Å². The van der Waals surface area contributed by atoms with Crippen LogP contribution >= 0.6 is 0 Å². The number of hydrogen-bond donors (Lipinski definition) is 0. The molecule has 6 aliphatic heterocycles. The van der Waals surface area contributed by atoms with E-state index >= 15 is 28.8 Å². The number of epoxide rings is 4. The van der Waals surface area contributed by atoms with Gasteiger partial charge in [-0.15, -0.1) is 0 Å². The van der Waals surface area contributed by atoms with E-state index in [1.165, 1.54) is 0 Å². The molecule has 0 N–H and O–H groups in total.